The van der Waals surface area contributed by atoms with Gasteiger partial charge in [0.05, 0.1) is 47.5 Å². The van der Waals surface area contributed by atoms with Gasteiger partial charge in [0.2, 0.25) is 5.91 Å². The van der Waals surface area contributed by atoms with Crippen LogP contribution >= 0.6 is 19.4 Å². The first-order valence-corrected chi connectivity index (χ1v) is 32.0. The van der Waals surface area contributed by atoms with Gasteiger partial charge in [-0.1, -0.05) is 30.5 Å². The van der Waals surface area contributed by atoms with Gasteiger partial charge in [0.1, 0.15) is 58.4 Å². The monoisotopic (exact) mass is 1400 g/mol. The molecule has 0 aliphatic heterocycles. The van der Waals surface area contributed by atoms with E-state index in [0.29, 0.717) is 15.1 Å². The number of amides is 2. The van der Waals surface area contributed by atoms with Crippen LogP contribution in [0.3, 0.4) is 0 Å². The minimum atomic E-state index is -5.51. The maximum absolute atomic E-state index is 15.7. The Balaban J connectivity index is 1.22. The lowest BCUT2D eigenvalue weighted by atomic mass is 9.89. The van der Waals surface area contributed by atoms with Crippen LogP contribution in [0.15, 0.2) is 54.6 Å². The van der Waals surface area contributed by atoms with Gasteiger partial charge in [-0.2, -0.15) is 45.3 Å². The summed E-state index contributed by atoms with van der Waals surface area (Å²) in [7, 11) is -9.48. The van der Waals surface area contributed by atoms with Crippen LogP contribution in [0.4, 0.5) is 43.9 Å². The summed E-state index contributed by atoms with van der Waals surface area (Å²) >= 11 is 3.28. The predicted octanol–water partition coefficient (Wildman–Crippen LogP) is 8.09. The molecule has 6 aromatic rings. The summed E-state index contributed by atoms with van der Waals surface area (Å²) in [4.78, 5) is 88.4. The van der Waals surface area contributed by atoms with E-state index in [1.165, 1.54) is 27.7 Å². The molecule has 3 aromatic carbocycles. The van der Waals surface area contributed by atoms with Crippen molar-refractivity contribution >= 4 is 81.0 Å². The molecule has 500 valence electrons. The summed E-state index contributed by atoms with van der Waals surface area (Å²) in [6.45, 7) is -0.493. The molecule has 3 aromatic heterocycles. The lowest BCUT2D eigenvalue weighted by molar-refractivity contribution is -0.145. The second-order valence-corrected chi connectivity index (χ2v) is 27.6. The van der Waals surface area contributed by atoms with E-state index in [4.69, 9.17) is 21.2 Å². The quantitative estimate of drug-likeness (QED) is 0.0144. The van der Waals surface area contributed by atoms with Gasteiger partial charge >= 0.3 is 32.1 Å². The van der Waals surface area contributed by atoms with Crippen LogP contribution in [0.1, 0.15) is 119 Å². The largest absolute Gasteiger partial charge is 0.760 e. The molecule has 0 saturated heterocycles. The van der Waals surface area contributed by atoms with Crippen LogP contribution in [0, 0.1) is 36.3 Å². The number of aromatic nitrogens is 5. The Hall–Kier alpha value is -7.84. The number of halogens is 11. The van der Waals surface area contributed by atoms with Gasteiger partial charge in [-0.05, 0) is 105 Å². The maximum atomic E-state index is 15.7. The normalized spacial score (nSPS) is 16.8. The molecule has 0 bridgehead atoms. The molecule has 2 amide bonds. The minimum absolute atomic E-state index is 0.0234. The third-order valence-corrected chi connectivity index (χ3v) is 18.5. The molecular weight excluding hydrogens is 1350 g/mol. The van der Waals surface area contributed by atoms with Crippen molar-refractivity contribution in [3.8, 4) is 28.7 Å². The zero-order valence-electron chi connectivity index (χ0n) is 48.6. The van der Waals surface area contributed by atoms with E-state index >= 15 is 8.78 Å². The van der Waals surface area contributed by atoms with E-state index < -0.39 is 224 Å². The van der Waals surface area contributed by atoms with Crippen LogP contribution in [-0.2, 0) is 83.0 Å². The Kier molecular flexibility index (Phi) is 20.0. The first kappa shape index (κ1) is 71.0. The molecule has 0 spiro atoms. The highest BCUT2D eigenvalue weighted by atomic mass is 35.5. The number of pyridine rings is 1. The van der Waals surface area contributed by atoms with Gasteiger partial charge in [-0.25, -0.2) is 35.8 Å². The predicted molar refractivity (Wildman–Crippen MR) is 305 cm³/mol. The highest BCUT2D eigenvalue weighted by Crippen LogP contribution is 2.68. The van der Waals surface area contributed by atoms with E-state index in [2.05, 4.69) is 32.3 Å². The van der Waals surface area contributed by atoms with Crippen LogP contribution in [0.2, 0.25) is 5.02 Å². The first-order chi connectivity index (χ1) is 42.8. The number of aryl methyl sites for hydroxylation is 1. The molecule has 2 aliphatic carbocycles. The number of nitrogens with zero attached hydrogens (tertiary/aromatic N) is 6. The van der Waals surface area contributed by atoms with Crippen molar-refractivity contribution in [1.82, 2.24) is 39.5 Å². The molecule has 8 rings (SSSR count). The van der Waals surface area contributed by atoms with Gasteiger partial charge in [-0.15, -0.1) is 0 Å². The number of carbonyl (C=O) groups is 5. The number of rotatable bonds is 24. The Morgan fingerprint density at radius 3 is 2.18 bits per heavy atom. The van der Waals surface area contributed by atoms with Crippen molar-refractivity contribution < 1.29 is 114 Å². The molecule has 6 atom stereocenters. The Morgan fingerprint density at radius 2 is 1.60 bits per heavy atom. The van der Waals surface area contributed by atoms with Crippen molar-refractivity contribution in [3.05, 3.63) is 128 Å². The number of hydrogen-bond donors (Lipinski definition) is 6. The molecule has 6 N–H and O–H groups in total. The molecule has 1 fully saturated rings. The summed E-state index contributed by atoms with van der Waals surface area (Å²) in [6.07, 6.45) is -12.4. The number of fused-ring (bicyclic) bond motifs is 4. The average molecular weight is 1400 g/mol. The van der Waals surface area contributed by atoms with Gasteiger partial charge in [0, 0.05) is 69.1 Å². The minimum Gasteiger partial charge on any atom is -0.760 e. The highest BCUT2D eigenvalue weighted by Gasteiger charge is 2.68. The summed E-state index contributed by atoms with van der Waals surface area (Å²) in [6, 6.07) is 4.46. The molecule has 37 heteroatoms. The third-order valence-electron chi connectivity index (χ3n) is 15.1. The maximum Gasteiger partial charge on any atom is 0.524 e. The fourth-order valence-electron chi connectivity index (χ4n) is 10.8. The summed E-state index contributed by atoms with van der Waals surface area (Å²) < 4.78 is 216. The van der Waals surface area contributed by atoms with Crippen LogP contribution < -0.4 is 15.2 Å². The zero-order chi connectivity index (χ0) is 69.2. The Bertz CT molecular complexity index is 4300. The molecular formula is C56H51ClF10N8O15PS2-. The Morgan fingerprint density at radius 1 is 0.957 bits per heavy atom. The fraction of sp³-hybridized carbons (Fsp3) is 0.393. The van der Waals surface area contributed by atoms with E-state index in [9.17, 15) is 95.7 Å². The van der Waals surface area contributed by atoms with E-state index in [1.54, 1.807) is 0 Å². The number of phosphoric acid groups is 1. The van der Waals surface area contributed by atoms with Crippen molar-refractivity contribution in [2.75, 3.05) is 12.8 Å². The number of Topliss-reactive ketones (excluding diaryl/α,β-unsaturated/α-hetero) is 1. The lowest BCUT2D eigenvalue weighted by Gasteiger charge is -2.25. The summed E-state index contributed by atoms with van der Waals surface area (Å²) in [5.74, 6) is -12.9. The number of sulfone groups is 1. The standard InChI is InChI=1S/C56H52ClF10N8O15PS2/c1-25-12-28(51(80)70-39(52(81)82)20-43(78)79)17-41(90-91(83,84)85)44(25)26(2)13-32(76)21-73(92(86)87)22-40-46-37(57)9-8-34(48(46)75(71-40)24-54(60,61)62)33-7-6-31(10-11-53(3,4)93(5,88)89)68-47(33)38(16-27-14-29(58)18-30(59)15-27)69-42(77)23-74-50-45(49(72-74)56(65,66)67)35-19-36(35)55(50,63)64/h6-9,12,14-15,17-18,26,35-36,38-39H,13,16,19-24H2,1-5H3,(H,69,77)(H,70,80)(H,78,79)(H,81,82)(H,86,87)(H2,83,84,85)/p-1/t26?,35-,36+,38-,39-/m0/s1. The van der Waals surface area contributed by atoms with E-state index in [1.807, 2.05) is 5.32 Å². The summed E-state index contributed by atoms with van der Waals surface area (Å²) in [5, 5.41) is 29.5. The van der Waals surface area contributed by atoms with Crippen molar-refractivity contribution in [1.29, 1.82) is 0 Å². The number of hydrogen-bond acceptors (Lipinski definition) is 14. The van der Waals surface area contributed by atoms with Gasteiger partial charge in [0.25, 0.3) is 11.8 Å². The lowest BCUT2D eigenvalue weighted by Crippen LogP contribution is -2.42. The number of carbonyl (C=O) groups excluding carboxylic acids is 3. The van der Waals surface area contributed by atoms with Gasteiger partial charge in [0.15, 0.2) is 15.5 Å². The van der Waals surface area contributed by atoms with E-state index in [-0.39, 0.29) is 44.6 Å². The highest BCUT2D eigenvalue weighted by molar-refractivity contribution is 7.92. The molecule has 1 saturated carbocycles. The van der Waals surface area contributed by atoms with Crippen molar-refractivity contribution in [2.45, 2.75) is 120 Å². The molecule has 2 unspecified atom stereocenters. The van der Waals surface area contributed by atoms with Crippen molar-refractivity contribution in [3.63, 3.8) is 0 Å². The molecule has 93 heavy (non-hydrogen) atoms. The second kappa shape index (κ2) is 26.2. The second-order valence-electron chi connectivity index (χ2n) is 22.5. The molecule has 2 aliphatic rings. The fourth-order valence-corrected chi connectivity index (χ4v) is 12.2. The molecule has 3 heterocycles. The number of phosphoric ester groups is 1. The summed E-state index contributed by atoms with van der Waals surface area (Å²) in [5.41, 5.74) is -7.32. The van der Waals surface area contributed by atoms with Crippen LogP contribution in [0.5, 0.6) is 5.75 Å². The third kappa shape index (κ3) is 16.2. The van der Waals surface area contributed by atoms with Crippen LogP contribution in [-0.4, -0.2) is 125 Å². The Labute approximate surface area is 527 Å². The number of carboxylic acids is 2. The van der Waals surface area contributed by atoms with Crippen molar-refractivity contribution in [2.24, 2.45) is 5.92 Å². The number of ketones is 1. The van der Waals surface area contributed by atoms with Crippen LogP contribution in [0.25, 0.3) is 22.0 Å². The number of nitrogens with one attached hydrogen (secondary N) is 2. The molecule has 0 radical (unpaired) electrons. The van der Waals surface area contributed by atoms with Gasteiger partial charge in [-0.3, -0.25) is 42.5 Å². The molecule has 23 nitrogen and oxygen atoms in total. The average Bonchev–Trinajstić information content (AvgIpc) is 1.52. The van der Waals surface area contributed by atoms with Gasteiger partial charge < -0.3 is 29.9 Å². The number of carboxylic acid groups (broad SMARTS) is 2. The number of aliphatic carboxylic acids is 2. The topological polar surface area (TPSA) is 343 Å². The smallest absolute Gasteiger partial charge is 0.524 e. The SMILES string of the molecule is Cc1cc(C(=O)N[C@@H](CC(=O)O)C(=O)O)cc(OP(=O)(O)O)c1C(C)CC(=O)CN(Cc1nn(CC(F)(F)F)c2c(-c3ccc(C#CC(C)(C)S(C)(=O)=O)nc3[C@H](Cc3cc(F)cc(F)c3)NC(=O)Cn3nc(C(F)(F)F)c4c3C(F)(F)[C@@H]3C[C@H]43)ccc(Cl)c12)S(=O)[O-]. The first-order valence-electron chi connectivity index (χ1n) is 27.1. The number of alkyl halides is 8. The number of benzene rings is 3. The zero-order valence-corrected chi connectivity index (χ0v) is 51.9. The van der Waals surface area contributed by atoms with E-state index in [0.717, 1.165) is 54.8 Å².